The van der Waals surface area contributed by atoms with Crippen LogP contribution in [0.5, 0.6) is 5.75 Å². The smallest absolute Gasteiger partial charge is 0.150 e. The topological polar surface area (TPSA) is 38.5 Å². The minimum absolute atomic E-state index is 0.0800. The van der Waals surface area contributed by atoms with Gasteiger partial charge < -0.3 is 15.4 Å². The Morgan fingerprint density at radius 1 is 1.15 bits per heavy atom. The van der Waals surface area contributed by atoms with E-state index < -0.39 is 5.82 Å². The maximum atomic E-state index is 13.9. The van der Waals surface area contributed by atoms with Gasteiger partial charge in [0.15, 0.2) is 0 Å². The first kappa shape index (κ1) is 14.1. The predicted molar refractivity (Wildman–Crippen MR) is 75.9 cm³/mol. The highest BCUT2D eigenvalue weighted by molar-refractivity contribution is 5.59. The van der Waals surface area contributed by atoms with Gasteiger partial charge in [0.25, 0.3) is 0 Å². The summed E-state index contributed by atoms with van der Waals surface area (Å²) in [6, 6.07) is 9.11. The van der Waals surface area contributed by atoms with Crippen LogP contribution < -0.4 is 15.4 Å². The number of ether oxygens (including phenoxy) is 1. The zero-order valence-corrected chi connectivity index (χ0v) is 11.4. The molecule has 0 aliphatic heterocycles. The van der Waals surface area contributed by atoms with Gasteiger partial charge in [-0.2, -0.15) is 0 Å². The van der Waals surface area contributed by atoms with E-state index in [1.807, 2.05) is 0 Å². The first-order valence-corrected chi connectivity index (χ1v) is 6.10. The minimum atomic E-state index is -0.458. The van der Waals surface area contributed by atoms with Gasteiger partial charge >= 0.3 is 0 Å². The highest BCUT2D eigenvalue weighted by Crippen LogP contribution is 2.31. The summed E-state index contributed by atoms with van der Waals surface area (Å²) in [7, 11) is 3.22. The van der Waals surface area contributed by atoms with E-state index >= 15 is 0 Å². The maximum absolute atomic E-state index is 13.9. The summed E-state index contributed by atoms with van der Waals surface area (Å²) in [5.41, 5.74) is 6.76. The second kappa shape index (κ2) is 5.77. The van der Waals surface area contributed by atoms with Gasteiger partial charge in [0.05, 0.1) is 12.8 Å². The number of hydrogen-bond acceptors (Lipinski definition) is 3. The third kappa shape index (κ3) is 2.82. The van der Waals surface area contributed by atoms with Crippen LogP contribution in [0, 0.1) is 11.6 Å². The van der Waals surface area contributed by atoms with Gasteiger partial charge in [-0.1, -0.05) is 12.1 Å². The molecular weight excluding hydrogens is 262 g/mol. The van der Waals surface area contributed by atoms with E-state index in [-0.39, 0.29) is 11.5 Å². The van der Waals surface area contributed by atoms with Crippen molar-refractivity contribution < 1.29 is 13.5 Å². The van der Waals surface area contributed by atoms with Crippen molar-refractivity contribution in [3.63, 3.8) is 0 Å². The van der Waals surface area contributed by atoms with E-state index in [1.54, 1.807) is 36.2 Å². The van der Waals surface area contributed by atoms with E-state index in [4.69, 9.17) is 10.5 Å². The van der Waals surface area contributed by atoms with Crippen LogP contribution in [0.2, 0.25) is 0 Å². The Hall–Kier alpha value is -2.30. The van der Waals surface area contributed by atoms with Gasteiger partial charge in [0.1, 0.15) is 23.1 Å². The molecule has 5 heteroatoms. The average molecular weight is 278 g/mol. The molecule has 0 bridgehead atoms. The molecule has 0 saturated heterocycles. The first-order chi connectivity index (χ1) is 9.52. The van der Waals surface area contributed by atoms with Crippen LogP contribution >= 0.6 is 0 Å². The van der Waals surface area contributed by atoms with Crippen molar-refractivity contribution in [1.82, 2.24) is 0 Å². The molecule has 0 aliphatic rings. The van der Waals surface area contributed by atoms with Crippen molar-refractivity contribution in [2.45, 2.75) is 6.54 Å². The monoisotopic (exact) mass is 278 g/mol. The molecule has 20 heavy (non-hydrogen) atoms. The predicted octanol–water partition coefficient (Wildman–Crippen LogP) is 3.19. The first-order valence-electron chi connectivity index (χ1n) is 6.10. The molecule has 0 unspecified atom stereocenters. The fourth-order valence-corrected chi connectivity index (χ4v) is 2.08. The molecule has 0 fully saturated rings. The molecule has 2 aromatic rings. The third-order valence-electron chi connectivity index (χ3n) is 3.03. The molecule has 0 aromatic heterocycles. The molecule has 2 N–H and O–H groups in total. The Kier molecular flexibility index (Phi) is 4.08. The molecule has 0 spiro atoms. The number of para-hydroxylation sites is 1. The molecule has 2 aromatic carbocycles. The number of halogens is 2. The Morgan fingerprint density at radius 3 is 2.55 bits per heavy atom. The van der Waals surface area contributed by atoms with Crippen LogP contribution in [0.4, 0.5) is 20.2 Å². The molecule has 0 atom stereocenters. The molecule has 0 saturated carbocycles. The van der Waals surface area contributed by atoms with Gasteiger partial charge in [0.2, 0.25) is 0 Å². The average Bonchev–Trinajstić information content (AvgIpc) is 2.42. The van der Waals surface area contributed by atoms with E-state index in [0.717, 1.165) is 5.56 Å². The second-order valence-corrected chi connectivity index (χ2v) is 4.50. The lowest BCUT2D eigenvalue weighted by Crippen LogP contribution is -2.18. The zero-order chi connectivity index (χ0) is 14.7. The van der Waals surface area contributed by atoms with Crippen LogP contribution in [0.15, 0.2) is 36.4 Å². The molecule has 2 rings (SSSR count). The molecule has 0 radical (unpaired) electrons. The van der Waals surface area contributed by atoms with E-state index in [0.29, 0.717) is 18.0 Å². The van der Waals surface area contributed by atoms with Crippen molar-refractivity contribution in [1.29, 1.82) is 0 Å². The fraction of sp³-hybridized carbons (Fsp3) is 0.200. The van der Waals surface area contributed by atoms with Crippen molar-refractivity contribution >= 4 is 11.4 Å². The number of benzene rings is 2. The lowest BCUT2D eigenvalue weighted by molar-refractivity contribution is 0.411. The van der Waals surface area contributed by atoms with E-state index in [9.17, 15) is 8.78 Å². The van der Waals surface area contributed by atoms with Crippen LogP contribution in [0.1, 0.15) is 5.56 Å². The summed E-state index contributed by atoms with van der Waals surface area (Å²) in [5.74, 6) is -0.385. The van der Waals surface area contributed by atoms with Crippen molar-refractivity contribution in [2.24, 2.45) is 0 Å². The third-order valence-corrected chi connectivity index (χ3v) is 3.03. The Morgan fingerprint density at radius 2 is 1.90 bits per heavy atom. The Balaban J connectivity index is 2.28. The number of nitrogens with zero attached hydrogens (tertiary/aromatic N) is 1. The lowest BCUT2D eigenvalue weighted by atomic mass is 10.1. The van der Waals surface area contributed by atoms with Crippen LogP contribution in [0.3, 0.4) is 0 Å². The number of rotatable bonds is 4. The van der Waals surface area contributed by atoms with Crippen molar-refractivity contribution in [3.05, 3.63) is 53.6 Å². The van der Waals surface area contributed by atoms with Gasteiger partial charge in [-0.15, -0.1) is 0 Å². The van der Waals surface area contributed by atoms with Crippen LogP contribution in [0.25, 0.3) is 0 Å². The Bertz CT molecular complexity index is 617. The summed E-state index contributed by atoms with van der Waals surface area (Å²) in [6.45, 7) is 0.391. The summed E-state index contributed by atoms with van der Waals surface area (Å²) in [6.07, 6.45) is 0. The number of hydrogen-bond donors (Lipinski definition) is 1. The van der Waals surface area contributed by atoms with Gasteiger partial charge in [-0.25, -0.2) is 8.78 Å². The summed E-state index contributed by atoms with van der Waals surface area (Å²) < 4.78 is 32.2. The van der Waals surface area contributed by atoms with Gasteiger partial charge in [-0.3, -0.25) is 0 Å². The maximum Gasteiger partial charge on any atom is 0.150 e. The van der Waals surface area contributed by atoms with Crippen molar-refractivity contribution in [3.8, 4) is 5.75 Å². The Labute approximate surface area is 116 Å². The number of nitrogens with two attached hydrogens (primary N) is 1. The quantitative estimate of drug-likeness (QED) is 0.873. The number of nitrogen functional groups attached to an aromatic ring is 1. The lowest BCUT2D eigenvalue weighted by Gasteiger charge is -2.22. The molecule has 0 heterocycles. The van der Waals surface area contributed by atoms with Gasteiger partial charge in [0, 0.05) is 13.6 Å². The summed E-state index contributed by atoms with van der Waals surface area (Å²) in [5, 5.41) is 0. The zero-order valence-electron chi connectivity index (χ0n) is 11.4. The highest BCUT2D eigenvalue weighted by Gasteiger charge is 2.14. The normalized spacial score (nSPS) is 10.4. The van der Waals surface area contributed by atoms with Crippen LogP contribution in [-0.2, 0) is 6.54 Å². The van der Waals surface area contributed by atoms with Crippen molar-refractivity contribution in [2.75, 3.05) is 24.8 Å². The fourth-order valence-electron chi connectivity index (χ4n) is 2.08. The van der Waals surface area contributed by atoms with Crippen LogP contribution in [-0.4, -0.2) is 14.2 Å². The molecule has 106 valence electrons. The largest absolute Gasteiger partial charge is 0.494 e. The number of anilines is 2. The SMILES string of the molecule is COc1cccc(F)c1N(C)Cc1ccc(F)c(N)c1. The molecule has 3 nitrogen and oxygen atoms in total. The molecule has 0 aliphatic carbocycles. The minimum Gasteiger partial charge on any atom is -0.494 e. The van der Waals surface area contributed by atoms with Gasteiger partial charge in [-0.05, 0) is 29.8 Å². The molecule has 0 amide bonds. The summed E-state index contributed by atoms with van der Waals surface area (Å²) >= 11 is 0. The second-order valence-electron chi connectivity index (χ2n) is 4.50. The standard InChI is InChI=1S/C15H16F2N2O/c1-19(9-10-6-7-11(16)13(18)8-10)15-12(17)4-3-5-14(15)20-2/h3-8H,9,18H2,1-2H3. The highest BCUT2D eigenvalue weighted by atomic mass is 19.1. The van der Waals surface area contributed by atoms with E-state index in [1.165, 1.54) is 19.2 Å². The molecular formula is C15H16F2N2O. The summed E-state index contributed by atoms with van der Waals surface area (Å²) in [4.78, 5) is 1.70. The number of methoxy groups -OCH3 is 1. The van der Waals surface area contributed by atoms with E-state index in [2.05, 4.69) is 0 Å².